The van der Waals surface area contributed by atoms with Crippen molar-refractivity contribution in [3.8, 4) is 11.5 Å². The average Bonchev–Trinajstić information content (AvgIpc) is 3.22. The molecular formula is C23H29N7O2. The number of rotatable bonds is 7. The summed E-state index contributed by atoms with van der Waals surface area (Å²) in [6.45, 7) is 5.81. The molecule has 9 heteroatoms. The van der Waals surface area contributed by atoms with Crippen molar-refractivity contribution in [1.82, 2.24) is 25.1 Å². The number of hydrogen-bond acceptors (Lipinski definition) is 8. The zero-order chi connectivity index (χ0) is 22.5. The fourth-order valence-electron chi connectivity index (χ4n) is 3.50. The molecule has 3 heterocycles. The van der Waals surface area contributed by atoms with E-state index in [-0.39, 0.29) is 0 Å². The third-order valence-electron chi connectivity index (χ3n) is 5.32. The molecule has 2 N–H and O–H groups in total. The van der Waals surface area contributed by atoms with Crippen molar-refractivity contribution in [1.29, 1.82) is 0 Å². The van der Waals surface area contributed by atoms with Crippen LogP contribution >= 0.6 is 0 Å². The number of nitrogens with one attached hydrogen (secondary N) is 2. The number of ether oxygens (including phenoxy) is 2. The van der Waals surface area contributed by atoms with Crippen molar-refractivity contribution in [3.05, 3.63) is 47.4 Å². The van der Waals surface area contributed by atoms with Crippen molar-refractivity contribution in [2.45, 2.75) is 6.92 Å². The minimum Gasteiger partial charge on any atom is -0.497 e. The Kier molecular flexibility index (Phi) is 6.55. The molecule has 0 radical (unpaired) electrons. The first-order chi connectivity index (χ1) is 15.5. The van der Waals surface area contributed by atoms with Gasteiger partial charge in [0.2, 0.25) is 0 Å². The molecular weight excluding hydrogens is 406 g/mol. The average molecular weight is 436 g/mol. The zero-order valence-electron chi connectivity index (χ0n) is 18.9. The van der Waals surface area contributed by atoms with Gasteiger partial charge < -0.3 is 24.6 Å². The van der Waals surface area contributed by atoms with E-state index in [4.69, 9.17) is 14.5 Å². The van der Waals surface area contributed by atoms with Gasteiger partial charge in [0.1, 0.15) is 23.1 Å². The van der Waals surface area contributed by atoms with Gasteiger partial charge in [-0.25, -0.2) is 9.97 Å². The number of likely N-dealkylation sites (N-methyl/N-ethyl adjacent to an activating group) is 1. The number of benzene rings is 1. The number of H-pyrrole nitrogens is 1. The van der Waals surface area contributed by atoms with Crippen molar-refractivity contribution in [3.63, 3.8) is 0 Å². The molecule has 0 aliphatic carbocycles. The molecule has 1 aliphatic rings. The van der Waals surface area contributed by atoms with Gasteiger partial charge in [-0.2, -0.15) is 5.10 Å². The highest BCUT2D eigenvalue weighted by Crippen LogP contribution is 2.25. The van der Waals surface area contributed by atoms with Crippen molar-refractivity contribution in [2.24, 2.45) is 0 Å². The standard InChI is InChI=1S/C23H29N7O2/c1-16-11-22(28-27-16)25-21-15-23(30-9-7-29(2)8-10-30)26-20(24-21)6-5-17-12-18(31-3)14-19(13-17)32-4/h5-6,11-15H,7-10H2,1-4H3,(H2,24,25,26,27,28)/b6-5+. The SMILES string of the molecule is COc1cc(/C=C/c2nc(Nc3cc(C)[nH]n3)cc(N3CCN(C)CC3)n2)cc(OC)c1. The molecule has 0 atom stereocenters. The molecule has 0 saturated carbocycles. The molecule has 1 aromatic carbocycles. The maximum absolute atomic E-state index is 5.37. The van der Waals surface area contributed by atoms with Crippen LogP contribution in [0.2, 0.25) is 0 Å². The Bertz CT molecular complexity index is 1070. The molecule has 32 heavy (non-hydrogen) atoms. The first kappa shape index (κ1) is 21.6. The van der Waals surface area contributed by atoms with Crippen molar-refractivity contribution < 1.29 is 9.47 Å². The van der Waals surface area contributed by atoms with Gasteiger partial charge in [-0.1, -0.05) is 6.08 Å². The van der Waals surface area contributed by atoms with E-state index in [1.54, 1.807) is 14.2 Å². The van der Waals surface area contributed by atoms with Gasteiger partial charge in [0, 0.05) is 50.1 Å². The number of hydrogen-bond donors (Lipinski definition) is 2. The van der Waals surface area contributed by atoms with Gasteiger partial charge >= 0.3 is 0 Å². The summed E-state index contributed by atoms with van der Waals surface area (Å²) < 4.78 is 10.7. The maximum Gasteiger partial charge on any atom is 0.156 e. The van der Waals surface area contributed by atoms with E-state index in [1.165, 1.54) is 0 Å². The Labute approximate surface area is 188 Å². The first-order valence-electron chi connectivity index (χ1n) is 10.5. The predicted molar refractivity (Wildman–Crippen MR) is 127 cm³/mol. The van der Waals surface area contributed by atoms with Gasteiger partial charge in [-0.05, 0) is 37.7 Å². The van der Waals surface area contributed by atoms with Gasteiger partial charge in [0.05, 0.1) is 14.2 Å². The van der Waals surface area contributed by atoms with E-state index in [1.807, 2.05) is 49.4 Å². The second-order valence-electron chi connectivity index (χ2n) is 7.80. The van der Waals surface area contributed by atoms with Crippen LogP contribution in [0.1, 0.15) is 17.1 Å². The number of aromatic nitrogens is 4. The zero-order valence-corrected chi connectivity index (χ0v) is 18.9. The van der Waals surface area contributed by atoms with E-state index >= 15 is 0 Å². The van der Waals surface area contributed by atoms with Gasteiger partial charge in [0.15, 0.2) is 11.6 Å². The summed E-state index contributed by atoms with van der Waals surface area (Å²) in [5, 5.41) is 10.5. The van der Waals surface area contributed by atoms with E-state index < -0.39 is 0 Å². The maximum atomic E-state index is 5.37. The molecule has 1 fully saturated rings. The third-order valence-corrected chi connectivity index (χ3v) is 5.32. The highest BCUT2D eigenvalue weighted by molar-refractivity contribution is 5.70. The lowest BCUT2D eigenvalue weighted by atomic mass is 10.2. The Morgan fingerprint density at radius 2 is 1.62 bits per heavy atom. The Morgan fingerprint density at radius 3 is 2.25 bits per heavy atom. The fourth-order valence-corrected chi connectivity index (χ4v) is 3.50. The quantitative estimate of drug-likeness (QED) is 0.585. The van der Waals surface area contributed by atoms with Gasteiger partial charge in [-0.3, -0.25) is 5.10 Å². The number of nitrogens with zero attached hydrogens (tertiary/aromatic N) is 5. The Balaban J connectivity index is 1.64. The van der Waals surface area contributed by atoms with Gasteiger partial charge in [-0.15, -0.1) is 0 Å². The molecule has 2 aromatic heterocycles. The number of methoxy groups -OCH3 is 2. The normalized spacial score (nSPS) is 14.7. The van der Waals surface area contributed by atoms with E-state index in [9.17, 15) is 0 Å². The summed E-state index contributed by atoms with van der Waals surface area (Å²) in [6, 6.07) is 9.64. The lowest BCUT2D eigenvalue weighted by Crippen LogP contribution is -2.44. The van der Waals surface area contributed by atoms with Crippen LogP contribution in [0.5, 0.6) is 11.5 Å². The van der Waals surface area contributed by atoms with E-state index in [0.29, 0.717) is 11.6 Å². The smallest absolute Gasteiger partial charge is 0.156 e. The van der Waals surface area contributed by atoms with Gasteiger partial charge in [0.25, 0.3) is 0 Å². The Morgan fingerprint density at radius 1 is 0.906 bits per heavy atom. The van der Waals surface area contributed by atoms with Crippen LogP contribution in [0.4, 0.5) is 17.5 Å². The summed E-state index contributed by atoms with van der Waals surface area (Å²) in [5.41, 5.74) is 1.92. The number of anilines is 3. The van der Waals surface area contributed by atoms with Crippen LogP contribution in [0.3, 0.4) is 0 Å². The minimum atomic E-state index is 0.609. The summed E-state index contributed by atoms with van der Waals surface area (Å²) in [7, 11) is 5.42. The van der Waals surface area contributed by atoms with Crippen LogP contribution in [0.15, 0.2) is 30.3 Å². The molecule has 0 bridgehead atoms. The summed E-state index contributed by atoms with van der Waals surface area (Å²) in [5.74, 6) is 4.38. The molecule has 1 saturated heterocycles. The van der Waals surface area contributed by atoms with Crippen molar-refractivity contribution >= 4 is 29.6 Å². The Hall–Kier alpha value is -3.59. The van der Waals surface area contributed by atoms with E-state index in [2.05, 4.69) is 37.3 Å². The molecule has 4 rings (SSSR count). The lowest BCUT2D eigenvalue weighted by Gasteiger charge is -2.33. The van der Waals surface area contributed by atoms with Crippen LogP contribution in [-0.2, 0) is 0 Å². The highest BCUT2D eigenvalue weighted by atomic mass is 16.5. The fraction of sp³-hybridized carbons (Fsp3) is 0.348. The van der Waals surface area contributed by atoms with Crippen molar-refractivity contribution in [2.75, 3.05) is 57.7 Å². The first-order valence-corrected chi connectivity index (χ1v) is 10.5. The summed E-state index contributed by atoms with van der Waals surface area (Å²) in [6.07, 6.45) is 3.85. The molecule has 168 valence electrons. The topological polar surface area (TPSA) is 91.4 Å². The highest BCUT2D eigenvalue weighted by Gasteiger charge is 2.17. The van der Waals surface area contributed by atoms with Crippen LogP contribution < -0.4 is 19.7 Å². The molecule has 1 aliphatic heterocycles. The second-order valence-corrected chi connectivity index (χ2v) is 7.80. The van der Waals surface area contributed by atoms with E-state index in [0.717, 1.165) is 60.6 Å². The second kappa shape index (κ2) is 9.69. The predicted octanol–water partition coefficient (Wildman–Crippen LogP) is 3.19. The molecule has 9 nitrogen and oxygen atoms in total. The summed E-state index contributed by atoms with van der Waals surface area (Å²) in [4.78, 5) is 14.1. The molecule has 0 unspecified atom stereocenters. The lowest BCUT2D eigenvalue weighted by molar-refractivity contribution is 0.312. The number of aromatic amines is 1. The van der Waals surface area contributed by atoms with Crippen LogP contribution in [0.25, 0.3) is 12.2 Å². The third kappa shape index (κ3) is 5.36. The number of aryl methyl sites for hydroxylation is 1. The largest absolute Gasteiger partial charge is 0.497 e. The molecule has 0 spiro atoms. The summed E-state index contributed by atoms with van der Waals surface area (Å²) >= 11 is 0. The monoisotopic (exact) mass is 435 g/mol. The molecule has 3 aromatic rings. The molecule has 0 amide bonds. The minimum absolute atomic E-state index is 0.609. The van der Waals surface area contributed by atoms with Crippen LogP contribution in [-0.4, -0.2) is 72.5 Å². The van der Waals surface area contributed by atoms with Crippen LogP contribution in [0, 0.1) is 6.92 Å². The number of piperazine rings is 1.